The number of hydrogen-bond acceptors (Lipinski definition) is 4. The van der Waals surface area contributed by atoms with Crippen LogP contribution in [0.15, 0.2) is 42.5 Å². The van der Waals surface area contributed by atoms with E-state index in [9.17, 15) is 4.79 Å². The van der Waals surface area contributed by atoms with Gasteiger partial charge in [-0.15, -0.1) is 0 Å². The van der Waals surface area contributed by atoms with E-state index < -0.39 is 0 Å². The van der Waals surface area contributed by atoms with Crippen molar-refractivity contribution in [2.75, 3.05) is 32.1 Å². The van der Waals surface area contributed by atoms with Gasteiger partial charge in [0.05, 0.1) is 20.3 Å². The minimum absolute atomic E-state index is 0.0148. The summed E-state index contributed by atoms with van der Waals surface area (Å²) in [6.45, 7) is 8.35. The van der Waals surface area contributed by atoms with E-state index in [1.807, 2.05) is 63.2 Å². The van der Waals surface area contributed by atoms with Crippen LogP contribution in [0.4, 0.5) is 5.69 Å². The number of rotatable bonds is 9. The van der Waals surface area contributed by atoms with Crippen LogP contribution in [0.25, 0.3) is 0 Å². The number of likely N-dealkylation sites (N-methyl/N-ethyl adjacent to an activating group) is 1. The van der Waals surface area contributed by atoms with Crippen molar-refractivity contribution in [1.82, 2.24) is 4.90 Å². The summed E-state index contributed by atoms with van der Waals surface area (Å²) in [5, 5.41) is 2.98. The van der Waals surface area contributed by atoms with Gasteiger partial charge in [-0.3, -0.25) is 9.69 Å². The largest absolute Gasteiger partial charge is 0.493 e. The number of anilines is 1. The van der Waals surface area contributed by atoms with Gasteiger partial charge in [0, 0.05) is 12.2 Å². The van der Waals surface area contributed by atoms with Crippen LogP contribution in [0.2, 0.25) is 0 Å². The first-order valence-electron chi connectivity index (χ1n) is 8.94. The third-order valence-corrected chi connectivity index (χ3v) is 4.17. The van der Waals surface area contributed by atoms with Crippen molar-refractivity contribution in [3.8, 4) is 11.5 Å². The van der Waals surface area contributed by atoms with Gasteiger partial charge in [0.25, 0.3) is 0 Å². The second-order valence-corrected chi connectivity index (χ2v) is 6.08. The van der Waals surface area contributed by atoms with Crippen LogP contribution < -0.4 is 14.8 Å². The van der Waals surface area contributed by atoms with E-state index in [2.05, 4.69) is 10.2 Å². The molecule has 0 aliphatic carbocycles. The Hall–Kier alpha value is -2.53. The zero-order valence-electron chi connectivity index (χ0n) is 16.0. The average Bonchev–Trinajstić information content (AvgIpc) is 2.64. The SMILES string of the molecule is CCOc1ccc(CN(CC)CC(=O)Nc2ccccc2C)cc1OC. The topological polar surface area (TPSA) is 50.8 Å². The summed E-state index contributed by atoms with van der Waals surface area (Å²) in [6, 6.07) is 13.7. The molecular weight excluding hydrogens is 328 g/mol. The molecule has 0 radical (unpaired) electrons. The third-order valence-electron chi connectivity index (χ3n) is 4.17. The lowest BCUT2D eigenvalue weighted by Crippen LogP contribution is -2.32. The van der Waals surface area contributed by atoms with E-state index in [1.165, 1.54) is 0 Å². The van der Waals surface area contributed by atoms with Crippen LogP contribution in [0.1, 0.15) is 25.0 Å². The summed E-state index contributed by atoms with van der Waals surface area (Å²) >= 11 is 0. The average molecular weight is 356 g/mol. The summed E-state index contributed by atoms with van der Waals surface area (Å²) in [5.74, 6) is 1.43. The minimum atomic E-state index is -0.0148. The zero-order valence-corrected chi connectivity index (χ0v) is 16.0. The maximum atomic E-state index is 12.4. The summed E-state index contributed by atoms with van der Waals surface area (Å²) in [6.07, 6.45) is 0. The predicted molar refractivity (Wildman–Crippen MR) is 105 cm³/mol. The molecule has 0 unspecified atom stereocenters. The summed E-state index contributed by atoms with van der Waals surface area (Å²) < 4.78 is 11.0. The standard InChI is InChI=1S/C21H28N2O3/c1-5-23(15-21(24)22-18-10-8-7-9-16(18)3)14-17-11-12-19(26-6-2)20(13-17)25-4/h7-13H,5-6,14-15H2,1-4H3,(H,22,24). The molecule has 2 rings (SSSR count). The number of amides is 1. The number of methoxy groups -OCH3 is 1. The molecule has 0 heterocycles. The van der Waals surface area contributed by atoms with Crippen LogP contribution in [-0.4, -0.2) is 37.6 Å². The highest BCUT2D eigenvalue weighted by atomic mass is 16.5. The number of para-hydroxylation sites is 1. The van der Waals surface area contributed by atoms with Crippen molar-refractivity contribution in [3.05, 3.63) is 53.6 Å². The Balaban J connectivity index is 2.00. The first-order valence-corrected chi connectivity index (χ1v) is 8.94. The first kappa shape index (κ1) is 19.8. The van der Waals surface area contributed by atoms with E-state index in [-0.39, 0.29) is 5.91 Å². The monoisotopic (exact) mass is 356 g/mol. The lowest BCUT2D eigenvalue weighted by molar-refractivity contribution is -0.117. The van der Waals surface area contributed by atoms with Crippen LogP contribution in [0.5, 0.6) is 11.5 Å². The quantitative estimate of drug-likeness (QED) is 0.741. The number of nitrogens with one attached hydrogen (secondary N) is 1. The fourth-order valence-electron chi connectivity index (χ4n) is 2.73. The van der Waals surface area contributed by atoms with E-state index in [0.29, 0.717) is 25.4 Å². The van der Waals surface area contributed by atoms with Gasteiger partial charge in [-0.25, -0.2) is 0 Å². The van der Waals surface area contributed by atoms with Gasteiger partial charge in [0.2, 0.25) is 5.91 Å². The number of ether oxygens (including phenoxy) is 2. The molecule has 0 aliphatic rings. The smallest absolute Gasteiger partial charge is 0.238 e. The molecule has 0 saturated carbocycles. The Bertz CT molecular complexity index is 731. The highest BCUT2D eigenvalue weighted by molar-refractivity contribution is 5.92. The number of hydrogen-bond donors (Lipinski definition) is 1. The fourth-order valence-corrected chi connectivity index (χ4v) is 2.73. The molecule has 1 N–H and O–H groups in total. The van der Waals surface area contributed by atoms with Gasteiger partial charge in [-0.05, 0) is 49.7 Å². The fraction of sp³-hybridized carbons (Fsp3) is 0.381. The lowest BCUT2D eigenvalue weighted by Gasteiger charge is -2.21. The minimum Gasteiger partial charge on any atom is -0.493 e. The van der Waals surface area contributed by atoms with E-state index in [0.717, 1.165) is 29.1 Å². The van der Waals surface area contributed by atoms with Gasteiger partial charge in [0.1, 0.15) is 0 Å². The molecule has 0 spiro atoms. The third kappa shape index (κ3) is 5.49. The Morgan fingerprint density at radius 3 is 2.54 bits per heavy atom. The van der Waals surface area contributed by atoms with Crippen LogP contribution in [-0.2, 0) is 11.3 Å². The second-order valence-electron chi connectivity index (χ2n) is 6.08. The highest BCUT2D eigenvalue weighted by Crippen LogP contribution is 2.28. The van der Waals surface area contributed by atoms with Gasteiger partial charge in [-0.1, -0.05) is 31.2 Å². The molecule has 2 aromatic rings. The van der Waals surface area contributed by atoms with Crippen molar-refractivity contribution < 1.29 is 14.3 Å². The van der Waals surface area contributed by atoms with Crippen LogP contribution in [0.3, 0.4) is 0 Å². The molecule has 0 saturated heterocycles. The maximum absolute atomic E-state index is 12.4. The normalized spacial score (nSPS) is 10.7. The molecule has 0 aromatic heterocycles. The van der Waals surface area contributed by atoms with E-state index in [4.69, 9.17) is 9.47 Å². The van der Waals surface area contributed by atoms with Gasteiger partial charge >= 0.3 is 0 Å². The molecule has 5 nitrogen and oxygen atoms in total. The molecule has 0 aliphatic heterocycles. The number of aryl methyl sites for hydroxylation is 1. The number of benzene rings is 2. The highest BCUT2D eigenvalue weighted by Gasteiger charge is 2.12. The Morgan fingerprint density at radius 2 is 1.88 bits per heavy atom. The van der Waals surface area contributed by atoms with Crippen molar-refractivity contribution in [1.29, 1.82) is 0 Å². The molecule has 5 heteroatoms. The molecule has 2 aromatic carbocycles. The molecule has 26 heavy (non-hydrogen) atoms. The summed E-state index contributed by atoms with van der Waals surface area (Å²) in [5.41, 5.74) is 2.99. The summed E-state index contributed by atoms with van der Waals surface area (Å²) in [7, 11) is 1.63. The molecular formula is C21H28N2O3. The Labute approximate surface area is 155 Å². The lowest BCUT2D eigenvalue weighted by atomic mass is 10.2. The van der Waals surface area contributed by atoms with Crippen LogP contribution >= 0.6 is 0 Å². The maximum Gasteiger partial charge on any atom is 0.238 e. The van der Waals surface area contributed by atoms with Crippen molar-refractivity contribution in [3.63, 3.8) is 0 Å². The Morgan fingerprint density at radius 1 is 1.12 bits per heavy atom. The van der Waals surface area contributed by atoms with Gasteiger partial charge < -0.3 is 14.8 Å². The second kappa shape index (κ2) is 9.82. The Kier molecular flexibility index (Phi) is 7.48. The van der Waals surface area contributed by atoms with Crippen molar-refractivity contribution >= 4 is 11.6 Å². The molecule has 0 bridgehead atoms. The van der Waals surface area contributed by atoms with Gasteiger partial charge in [-0.2, -0.15) is 0 Å². The van der Waals surface area contributed by atoms with Gasteiger partial charge in [0.15, 0.2) is 11.5 Å². The van der Waals surface area contributed by atoms with Crippen molar-refractivity contribution in [2.45, 2.75) is 27.3 Å². The predicted octanol–water partition coefficient (Wildman–Crippen LogP) is 3.86. The van der Waals surface area contributed by atoms with E-state index in [1.54, 1.807) is 7.11 Å². The number of carbonyl (C=O) groups is 1. The number of carbonyl (C=O) groups excluding carboxylic acids is 1. The number of nitrogens with zero attached hydrogens (tertiary/aromatic N) is 1. The zero-order chi connectivity index (χ0) is 18.9. The van der Waals surface area contributed by atoms with Crippen molar-refractivity contribution in [2.24, 2.45) is 0 Å². The molecule has 0 fully saturated rings. The summed E-state index contributed by atoms with van der Waals surface area (Å²) in [4.78, 5) is 14.5. The molecule has 140 valence electrons. The van der Waals surface area contributed by atoms with Crippen LogP contribution in [0, 0.1) is 6.92 Å². The molecule has 1 amide bonds. The molecule has 0 atom stereocenters. The van der Waals surface area contributed by atoms with E-state index >= 15 is 0 Å². The first-order chi connectivity index (χ1) is 12.6.